The fourth-order valence-electron chi connectivity index (χ4n) is 1.66. The van der Waals surface area contributed by atoms with Gasteiger partial charge in [-0.15, -0.1) is 6.58 Å². The maximum absolute atomic E-state index is 11.9. The molecule has 88 valence electrons. The number of amides is 1. The molecule has 2 heterocycles. The maximum atomic E-state index is 11.9. The molecule has 2 rings (SSSR count). The van der Waals surface area contributed by atoms with Gasteiger partial charge >= 0.3 is 0 Å². The van der Waals surface area contributed by atoms with Crippen LogP contribution in [0.5, 0.6) is 0 Å². The van der Waals surface area contributed by atoms with Crippen molar-refractivity contribution in [1.29, 1.82) is 0 Å². The highest BCUT2D eigenvalue weighted by Gasteiger charge is 2.15. The Bertz CT molecular complexity index is 589. The first-order chi connectivity index (χ1) is 8.13. The van der Waals surface area contributed by atoms with E-state index in [1.54, 1.807) is 35.7 Å². The number of nitrogens with one attached hydrogen (secondary N) is 1. The van der Waals surface area contributed by atoms with Gasteiger partial charge in [0.1, 0.15) is 11.3 Å². The first kappa shape index (κ1) is 11.7. The van der Waals surface area contributed by atoms with Crippen LogP contribution >= 0.6 is 11.6 Å². The van der Waals surface area contributed by atoms with E-state index in [-0.39, 0.29) is 5.91 Å². The number of aryl methyl sites for hydroxylation is 1. The molecule has 2 aromatic rings. The summed E-state index contributed by atoms with van der Waals surface area (Å²) < 4.78 is 1.72. The van der Waals surface area contributed by atoms with Crippen molar-refractivity contribution in [3.8, 4) is 0 Å². The fourth-order valence-corrected chi connectivity index (χ4v) is 1.81. The lowest BCUT2D eigenvalue weighted by molar-refractivity contribution is 0.0951. The van der Waals surface area contributed by atoms with Crippen molar-refractivity contribution in [1.82, 2.24) is 14.7 Å². The van der Waals surface area contributed by atoms with E-state index in [9.17, 15) is 4.79 Å². The van der Waals surface area contributed by atoms with Crippen LogP contribution in [0.2, 0.25) is 5.02 Å². The number of rotatable bonds is 3. The summed E-state index contributed by atoms with van der Waals surface area (Å²) in [7, 11) is 0. The summed E-state index contributed by atoms with van der Waals surface area (Å²) in [4.78, 5) is 16.2. The summed E-state index contributed by atoms with van der Waals surface area (Å²) in [6.45, 7) is 5.78. The summed E-state index contributed by atoms with van der Waals surface area (Å²) in [6.07, 6.45) is 3.37. The number of fused-ring (bicyclic) bond motifs is 1. The van der Waals surface area contributed by atoms with Crippen molar-refractivity contribution in [2.24, 2.45) is 0 Å². The van der Waals surface area contributed by atoms with E-state index < -0.39 is 0 Å². The van der Waals surface area contributed by atoms with Gasteiger partial charge in [-0.25, -0.2) is 4.98 Å². The maximum Gasteiger partial charge on any atom is 0.270 e. The zero-order valence-corrected chi connectivity index (χ0v) is 10.2. The number of aromatic nitrogens is 2. The Hall–Kier alpha value is -1.81. The second kappa shape index (κ2) is 4.59. The number of nitrogens with zero attached hydrogens (tertiary/aromatic N) is 2. The number of halogens is 1. The smallest absolute Gasteiger partial charge is 0.270 e. The fraction of sp³-hybridized carbons (Fsp3) is 0.167. The predicted molar refractivity (Wildman–Crippen MR) is 67.5 cm³/mol. The van der Waals surface area contributed by atoms with Gasteiger partial charge in [0.25, 0.3) is 5.91 Å². The average molecular weight is 250 g/mol. The first-order valence-corrected chi connectivity index (χ1v) is 5.54. The number of pyridine rings is 1. The highest BCUT2D eigenvalue weighted by molar-refractivity contribution is 6.30. The molecule has 1 N–H and O–H groups in total. The third-order valence-electron chi connectivity index (χ3n) is 2.38. The van der Waals surface area contributed by atoms with Gasteiger partial charge < -0.3 is 5.32 Å². The Morgan fingerprint density at radius 3 is 3.18 bits per heavy atom. The average Bonchev–Trinajstić information content (AvgIpc) is 2.61. The van der Waals surface area contributed by atoms with Crippen LogP contribution in [0.15, 0.2) is 31.0 Å². The first-order valence-electron chi connectivity index (χ1n) is 5.17. The van der Waals surface area contributed by atoms with Crippen molar-refractivity contribution in [2.45, 2.75) is 6.92 Å². The summed E-state index contributed by atoms with van der Waals surface area (Å²) in [6, 6.07) is 3.44. The molecule has 0 fully saturated rings. The second-order valence-electron chi connectivity index (χ2n) is 3.62. The summed E-state index contributed by atoms with van der Waals surface area (Å²) in [5.41, 5.74) is 1.87. The Kier molecular flexibility index (Phi) is 3.15. The van der Waals surface area contributed by atoms with Crippen LogP contribution in [0.4, 0.5) is 0 Å². The topological polar surface area (TPSA) is 46.4 Å². The van der Waals surface area contributed by atoms with E-state index in [0.29, 0.717) is 28.6 Å². The highest BCUT2D eigenvalue weighted by atomic mass is 35.5. The van der Waals surface area contributed by atoms with E-state index in [1.165, 1.54) is 0 Å². The van der Waals surface area contributed by atoms with Crippen LogP contribution < -0.4 is 5.32 Å². The van der Waals surface area contributed by atoms with Crippen molar-refractivity contribution >= 4 is 23.2 Å². The van der Waals surface area contributed by atoms with Crippen LogP contribution in [0, 0.1) is 6.92 Å². The SMILES string of the molecule is C=CCNC(=O)c1c(C)nc2cc(Cl)ccn12. The molecule has 0 saturated carbocycles. The Morgan fingerprint density at radius 2 is 2.47 bits per heavy atom. The molecule has 0 bridgehead atoms. The van der Waals surface area contributed by atoms with Crippen molar-refractivity contribution in [3.05, 3.63) is 47.4 Å². The molecule has 1 amide bonds. The number of carbonyl (C=O) groups is 1. The molecule has 5 heteroatoms. The molecule has 0 radical (unpaired) electrons. The van der Waals surface area contributed by atoms with Gasteiger partial charge in [-0.05, 0) is 13.0 Å². The summed E-state index contributed by atoms with van der Waals surface area (Å²) >= 11 is 5.88. The lowest BCUT2D eigenvalue weighted by Crippen LogP contribution is -2.25. The molecule has 0 saturated heterocycles. The number of carbonyl (C=O) groups excluding carboxylic acids is 1. The number of hydrogen-bond acceptors (Lipinski definition) is 2. The van der Waals surface area contributed by atoms with E-state index >= 15 is 0 Å². The Balaban J connectivity index is 2.49. The molecule has 0 aromatic carbocycles. The quantitative estimate of drug-likeness (QED) is 0.848. The molecule has 0 spiro atoms. The lowest BCUT2D eigenvalue weighted by atomic mass is 10.3. The van der Waals surface area contributed by atoms with Gasteiger partial charge in [-0.2, -0.15) is 0 Å². The zero-order valence-electron chi connectivity index (χ0n) is 9.40. The summed E-state index contributed by atoms with van der Waals surface area (Å²) in [5, 5.41) is 3.33. The molecule has 0 aliphatic carbocycles. The molecule has 0 unspecified atom stereocenters. The van der Waals surface area contributed by atoms with Crippen LogP contribution in [0.25, 0.3) is 5.65 Å². The van der Waals surface area contributed by atoms with Crippen LogP contribution in [0.1, 0.15) is 16.2 Å². The molecule has 17 heavy (non-hydrogen) atoms. The van der Waals surface area contributed by atoms with Crippen LogP contribution in [-0.4, -0.2) is 21.8 Å². The number of hydrogen-bond donors (Lipinski definition) is 1. The Labute approximate surface area is 104 Å². The van der Waals surface area contributed by atoms with Gasteiger partial charge in [-0.1, -0.05) is 17.7 Å². The van der Waals surface area contributed by atoms with Crippen LogP contribution in [0.3, 0.4) is 0 Å². The summed E-state index contributed by atoms with van der Waals surface area (Å²) in [5.74, 6) is -0.169. The molecular formula is C12H12ClN3O. The van der Waals surface area contributed by atoms with E-state index in [4.69, 9.17) is 11.6 Å². The van der Waals surface area contributed by atoms with E-state index in [0.717, 1.165) is 0 Å². The van der Waals surface area contributed by atoms with Crippen LogP contribution in [-0.2, 0) is 0 Å². The standard InChI is InChI=1S/C12H12ClN3O/c1-3-5-14-12(17)11-8(2)15-10-7-9(13)4-6-16(10)11/h3-4,6-7H,1,5H2,2H3,(H,14,17). The third-order valence-corrected chi connectivity index (χ3v) is 2.62. The normalized spacial score (nSPS) is 10.5. The van der Waals surface area contributed by atoms with Crippen molar-refractivity contribution in [2.75, 3.05) is 6.54 Å². The molecule has 0 aliphatic heterocycles. The van der Waals surface area contributed by atoms with Gasteiger partial charge in [-0.3, -0.25) is 9.20 Å². The second-order valence-corrected chi connectivity index (χ2v) is 4.05. The molecule has 4 nitrogen and oxygen atoms in total. The predicted octanol–water partition coefficient (Wildman–Crippen LogP) is 2.21. The minimum Gasteiger partial charge on any atom is -0.347 e. The molecular weight excluding hydrogens is 238 g/mol. The van der Waals surface area contributed by atoms with Gasteiger partial charge in [0.2, 0.25) is 0 Å². The third kappa shape index (κ3) is 2.17. The van der Waals surface area contributed by atoms with Gasteiger partial charge in [0.05, 0.1) is 5.69 Å². The number of imidazole rings is 1. The van der Waals surface area contributed by atoms with Crippen molar-refractivity contribution < 1.29 is 4.79 Å². The Morgan fingerprint density at radius 1 is 1.71 bits per heavy atom. The van der Waals surface area contributed by atoms with E-state index in [2.05, 4.69) is 16.9 Å². The van der Waals surface area contributed by atoms with Gasteiger partial charge in [0.15, 0.2) is 0 Å². The van der Waals surface area contributed by atoms with Crippen molar-refractivity contribution in [3.63, 3.8) is 0 Å². The molecule has 0 aliphatic rings. The van der Waals surface area contributed by atoms with Gasteiger partial charge in [0, 0.05) is 23.8 Å². The monoisotopic (exact) mass is 249 g/mol. The zero-order chi connectivity index (χ0) is 12.4. The van der Waals surface area contributed by atoms with E-state index in [1.807, 2.05) is 0 Å². The lowest BCUT2D eigenvalue weighted by Gasteiger charge is -2.03. The largest absolute Gasteiger partial charge is 0.347 e. The minimum atomic E-state index is -0.169. The minimum absolute atomic E-state index is 0.169. The molecule has 0 atom stereocenters. The molecule has 2 aromatic heterocycles. The highest BCUT2D eigenvalue weighted by Crippen LogP contribution is 2.16.